The number of hydrogen-bond acceptors (Lipinski definition) is 1. The Labute approximate surface area is 108 Å². The van der Waals surface area contributed by atoms with E-state index in [2.05, 4.69) is 26.1 Å². The molecule has 0 saturated carbocycles. The molecule has 0 unspecified atom stereocenters. The van der Waals surface area contributed by atoms with E-state index in [1.165, 1.54) is 6.07 Å². The summed E-state index contributed by atoms with van der Waals surface area (Å²) in [4.78, 5) is 0. The van der Waals surface area contributed by atoms with E-state index < -0.39 is 0 Å². The Hall–Kier alpha value is -0.860. The van der Waals surface area contributed by atoms with E-state index in [-0.39, 0.29) is 11.4 Å². The Balaban J connectivity index is 2.43. The third-order valence-corrected chi connectivity index (χ3v) is 2.46. The van der Waals surface area contributed by atoms with E-state index in [0.717, 1.165) is 13.0 Å². The molecule has 3 heteroatoms. The number of rotatable bonds is 4. The second-order valence-corrected chi connectivity index (χ2v) is 5.47. The van der Waals surface area contributed by atoms with Gasteiger partial charge in [0, 0.05) is 16.1 Å². The second-order valence-electron chi connectivity index (χ2n) is 5.03. The summed E-state index contributed by atoms with van der Waals surface area (Å²) in [6.45, 7) is 7.25. The molecule has 0 fully saturated rings. The van der Waals surface area contributed by atoms with Gasteiger partial charge in [-0.05, 0) is 45.9 Å². The normalized spacial score (nSPS) is 12.3. The monoisotopic (exact) mass is 255 g/mol. The van der Waals surface area contributed by atoms with E-state index in [1.54, 1.807) is 18.2 Å². The number of halogens is 2. The Morgan fingerprint density at radius 1 is 1.35 bits per heavy atom. The number of benzene rings is 1. The predicted octanol–water partition coefficient (Wildman–Crippen LogP) is 4.27. The van der Waals surface area contributed by atoms with Crippen molar-refractivity contribution in [1.82, 2.24) is 5.32 Å². The number of hydrogen-bond donors (Lipinski definition) is 1. The third kappa shape index (κ3) is 5.85. The van der Waals surface area contributed by atoms with E-state index in [4.69, 9.17) is 11.6 Å². The highest BCUT2D eigenvalue weighted by molar-refractivity contribution is 6.30. The zero-order valence-corrected chi connectivity index (χ0v) is 11.3. The van der Waals surface area contributed by atoms with Crippen molar-refractivity contribution in [1.29, 1.82) is 0 Å². The maximum Gasteiger partial charge on any atom is 0.131 e. The van der Waals surface area contributed by atoms with Crippen molar-refractivity contribution in [3.05, 3.63) is 40.7 Å². The van der Waals surface area contributed by atoms with Crippen LogP contribution < -0.4 is 5.32 Å². The molecular weight excluding hydrogens is 237 g/mol. The molecule has 1 aromatic carbocycles. The fourth-order valence-corrected chi connectivity index (χ4v) is 1.54. The summed E-state index contributed by atoms with van der Waals surface area (Å²) in [5.74, 6) is -0.280. The molecule has 0 atom stereocenters. The van der Waals surface area contributed by atoms with Gasteiger partial charge in [-0.2, -0.15) is 0 Å². The molecule has 0 amide bonds. The first-order valence-electron chi connectivity index (χ1n) is 5.75. The first-order valence-corrected chi connectivity index (χ1v) is 6.13. The molecule has 0 bridgehead atoms. The molecule has 0 spiro atoms. The molecule has 1 nitrogen and oxygen atoms in total. The predicted molar refractivity (Wildman–Crippen MR) is 72.8 cm³/mol. The van der Waals surface area contributed by atoms with Crippen molar-refractivity contribution in [3.63, 3.8) is 0 Å². The molecule has 17 heavy (non-hydrogen) atoms. The lowest BCUT2D eigenvalue weighted by Crippen LogP contribution is -2.36. The fourth-order valence-electron chi connectivity index (χ4n) is 1.38. The lowest BCUT2D eigenvalue weighted by molar-refractivity contribution is 0.431. The molecule has 94 valence electrons. The smallest absolute Gasteiger partial charge is 0.131 e. The van der Waals surface area contributed by atoms with Gasteiger partial charge < -0.3 is 5.32 Å². The molecule has 0 aliphatic heterocycles. The quantitative estimate of drug-likeness (QED) is 0.793. The van der Waals surface area contributed by atoms with Gasteiger partial charge in [0.25, 0.3) is 0 Å². The lowest BCUT2D eigenvalue weighted by Gasteiger charge is -2.19. The Morgan fingerprint density at radius 3 is 2.65 bits per heavy atom. The van der Waals surface area contributed by atoms with Crippen molar-refractivity contribution in [2.75, 3.05) is 6.54 Å². The SMILES string of the molecule is CC(C)(C)NCCC=Cc1ccc(Cl)cc1F. The van der Waals surface area contributed by atoms with E-state index >= 15 is 0 Å². The summed E-state index contributed by atoms with van der Waals surface area (Å²) < 4.78 is 13.4. The summed E-state index contributed by atoms with van der Waals surface area (Å²) in [6.07, 6.45) is 4.63. The van der Waals surface area contributed by atoms with E-state index in [9.17, 15) is 4.39 Å². The zero-order valence-electron chi connectivity index (χ0n) is 10.6. The van der Waals surface area contributed by atoms with Gasteiger partial charge in [-0.3, -0.25) is 0 Å². The molecule has 1 rings (SSSR count). The molecule has 0 aliphatic rings. The molecular formula is C14H19ClFN. The third-order valence-electron chi connectivity index (χ3n) is 2.23. The van der Waals surface area contributed by atoms with Gasteiger partial charge >= 0.3 is 0 Å². The summed E-state index contributed by atoms with van der Waals surface area (Å²) >= 11 is 5.68. The van der Waals surface area contributed by atoms with Gasteiger partial charge in [0.15, 0.2) is 0 Å². The minimum absolute atomic E-state index is 0.124. The van der Waals surface area contributed by atoms with Crippen molar-refractivity contribution in [2.45, 2.75) is 32.7 Å². The van der Waals surface area contributed by atoms with Gasteiger partial charge in [-0.15, -0.1) is 0 Å². The van der Waals surface area contributed by atoms with Gasteiger partial charge in [0.1, 0.15) is 5.82 Å². The van der Waals surface area contributed by atoms with Crippen LogP contribution in [0.3, 0.4) is 0 Å². The highest BCUT2D eigenvalue weighted by Gasteiger charge is 2.06. The largest absolute Gasteiger partial charge is 0.312 e. The lowest BCUT2D eigenvalue weighted by atomic mass is 10.1. The average Bonchev–Trinajstić information content (AvgIpc) is 2.18. The van der Waals surface area contributed by atoms with Crippen LogP contribution in [0.4, 0.5) is 4.39 Å². The molecule has 0 radical (unpaired) electrons. The van der Waals surface area contributed by atoms with Crippen LogP contribution in [0.2, 0.25) is 5.02 Å². The van der Waals surface area contributed by atoms with Crippen LogP contribution in [0.1, 0.15) is 32.8 Å². The zero-order chi connectivity index (χ0) is 12.9. The maximum atomic E-state index is 13.4. The van der Waals surface area contributed by atoms with Gasteiger partial charge in [-0.1, -0.05) is 29.8 Å². The Morgan fingerprint density at radius 2 is 2.06 bits per heavy atom. The molecule has 0 saturated heterocycles. The summed E-state index contributed by atoms with van der Waals surface area (Å²) in [6, 6.07) is 4.71. The molecule has 0 aromatic heterocycles. The first-order chi connectivity index (χ1) is 7.88. The second kappa shape index (κ2) is 6.18. The topological polar surface area (TPSA) is 12.0 Å². The highest BCUT2D eigenvalue weighted by Crippen LogP contribution is 2.15. The molecule has 1 aromatic rings. The minimum atomic E-state index is -0.280. The van der Waals surface area contributed by atoms with Crippen LogP contribution in [0, 0.1) is 5.82 Å². The summed E-state index contributed by atoms with van der Waals surface area (Å²) in [5.41, 5.74) is 0.699. The van der Waals surface area contributed by atoms with Crippen LogP contribution in [0.15, 0.2) is 24.3 Å². The van der Waals surface area contributed by atoms with Crippen LogP contribution in [0.25, 0.3) is 6.08 Å². The van der Waals surface area contributed by atoms with Gasteiger partial charge in [0.2, 0.25) is 0 Å². The first kappa shape index (κ1) is 14.2. The van der Waals surface area contributed by atoms with Crippen molar-refractivity contribution in [3.8, 4) is 0 Å². The van der Waals surface area contributed by atoms with Gasteiger partial charge in [0.05, 0.1) is 0 Å². The summed E-state index contributed by atoms with van der Waals surface area (Å²) in [7, 11) is 0. The average molecular weight is 256 g/mol. The summed E-state index contributed by atoms with van der Waals surface area (Å²) in [5, 5.41) is 3.79. The standard InChI is InChI=1S/C14H19ClFN/c1-14(2,3)17-9-5-4-6-11-7-8-12(15)10-13(11)16/h4,6-8,10,17H,5,9H2,1-3H3. The van der Waals surface area contributed by atoms with Crippen LogP contribution >= 0.6 is 11.6 Å². The van der Waals surface area contributed by atoms with Crippen LogP contribution in [0.5, 0.6) is 0 Å². The van der Waals surface area contributed by atoms with Crippen LogP contribution in [-0.2, 0) is 0 Å². The Kier molecular flexibility index (Phi) is 5.16. The van der Waals surface area contributed by atoms with Crippen LogP contribution in [-0.4, -0.2) is 12.1 Å². The number of nitrogens with one attached hydrogen (secondary N) is 1. The maximum absolute atomic E-state index is 13.4. The molecule has 0 aliphatic carbocycles. The highest BCUT2D eigenvalue weighted by atomic mass is 35.5. The van der Waals surface area contributed by atoms with E-state index in [1.807, 2.05) is 6.08 Å². The Bertz CT molecular complexity index is 394. The van der Waals surface area contributed by atoms with Crippen molar-refractivity contribution >= 4 is 17.7 Å². The van der Waals surface area contributed by atoms with Crippen molar-refractivity contribution < 1.29 is 4.39 Å². The molecule has 1 N–H and O–H groups in total. The molecule has 0 heterocycles. The minimum Gasteiger partial charge on any atom is -0.312 e. The van der Waals surface area contributed by atoms with Gasteiger partial charge in [-0.25, -0.2) is 4.39 Å². The van der Waals surface area contributed by atoms with Crippen molar-refractivity contribution in [2.24, 2.45) is 0 Å². The van der Waals surface area contributed by atoms with E-state index in [0.29, 0.717) is 10.6 Å². The fraction of sp³-hybridized carbons (Fsp3) is 0.429.